The van der Waals surface area contributed by atoms with Crippen molar-refractivity contribution in [3.63, 3.8) is 0 Å². The highest BCUT2D eigenvalue weighted by atomic mass is 19.1. The Morgan fingerprint density at radius 1 is 0.952 bits per heavy atom. The monoisotopic (exact) mass is 572 g/mol. The number of nitrogens with one attached hydrogen (secondary N) is 2. The number of fused-ring (bicyclic) bond motifs is 1. The van der Waals surface area contributed by atoms with Crippen LogP contribution in [0.4, 0.5) is 10.1 Å². The molecule has 1 aromatic heterocycles. The van der Waals surface area contributed by atoms with Crippen LogP contribution in [0, 0.1) is 11.7 Å². The number of benzene rings is 3. The van der Waals surface area contributed by atoms with Gasteiger partial charge < -0.3 is 29.7 Å². The Hall–Kier alpha value is -4.70. The number of amides is 2. The lowest BCUT2D eigenvalue weighted by Crippen LogP contribution is -2.34. The van der Waals surface area contributed by atoms with Crippen LogP contribution in [0.2, 0.25) is 0 Å². The molecule has 3 aromatic carbocycles. The van der Waals surface area contributed by atoms with E-state index >= 15 is 4.39 Å². The molecule has 0 aliphatic carbocycles. The summed E-state index contributed by atoms with van der Waals surface area (Å²) in [5.74, 6) is -0.542. The van der Waals surface area contributed by atoms with E-state index in [2.05, 4.69) is 27.6 Å². The second-order valence-corrected chi connectivity index (χ2v) is 10.3. The Kier molecular flexibility index (Phi) is 9.13. The van der Waals surface area contributed by atoms with Crippen molar-refractivity contribution in [2.45, 2.75) is 19.4 Å². The van der Waals surface area contributed by atoms with Gasteiger partial charge in [-0.15, -0.1) is 0 Å². The van der Waals surface area contributed by atoms with Gasteiger partial charge in [0.15, 0.2) is 23.1 Å². The summed E-state index contributed by atoms with van der Waals surface area (Å²) in [7, 11) is 3.69. The Balaban J connectivity index is 1.25. The number of ether oxygens (including phenoxy) is 3. The Morgan fingerprint density at radius 3 is 2.48 bits per heavy atom. The molecule has 2 amide bonds. The minimum absolute atomic E-state index is 0.0596. The molecule has 10 heteroatoms. The Bertz CT molecular complexity index is 1560. The highest BCUT2D eigenvalue weighted by Crippen LogP contribution is 2.38. The number of hydrogen-bond donors (Lipinski definition) is 2. The van der Waals surface area contributed by atoms with E-state index in [4.69, 9.17) is 14.2 Å². The third-order valence-electron chi connectivity index (χ3n) is 7.21. The summed E-state index contributed by atoms with van der Waals surface area (Å²) in [6.07, 6.45) is 3.74. The van der Waals surface area contributed by atoms with Crippen LogP contribution in [0.5, 0.6) is 23.0 Å². The molecule has 2 heterocycles. The lowest BCUT2D eigenvalue weighted by atomic mass is 9.98. The highest BCUT2D eigenvalue weighted by molar-refractivity contribution is 6.39. The summed E-state index contributed by atoms with van der Waals surface area (Å²) >= 11 is 0. The highest BCUT2D eigenvalue weighted by Gasteiger charge is 2.20. The molecule has 218 valence electrons. The van der Waals surface area contributed by atoms with Crippen molar-refractivity contribution in [3.05, 3.63) is 84.3 Å². The minimum atomic E-state index is -0.903. The summed E-state index contributed by atoms with van der Waals surface area (Å²) in [6.45, 7) is 2.90. The number of nitrogens with zero attached hydrogens (tertiary/aromatic N) is 2. The van der Waals surface area contributed by atoms with Gasteiger partial charge in [-0.05, 0) is 68.7 Å². The number of piperidine rings is 1. The first-order valence-electron chi connectivity index (χ1n) is 13.8. The maximum atomic E-state index is 15.0. The van der Waals surface area contributed by atoms with E-state index in [0.717, 1.165) is 37.6 Å². The Labute approximate surface area is 243 Å². The van der Waals surface area contributed by atoms with Crippen molar-refractivity contribution in [1.29, 1.82) is 0 Å². The fourth-order valence-electron chi connectivity index (χ4n) is 4.75. The van der Waals surface area contributed by atoms with Crippen molar-refractivity contribution in [2.24, 2.45) is 5.92 Å². The number of pyridine rings is 1. The average molecular weight is 573 g/mol. The zero-order chi connectivity index (χ0) is 29.5. The van der Waals surface area contributed by atoms with Gasteiger partial charge in [-0.3, -0.25) is 14.6 Å². The summed E-state index contributed by atoms with van der Waals surface area (Å²) in [4.78, 5) is 31.2. The Morgan fingerprint density at radius 2 is 1.74 bits per heavy atom. The number of carbonyl (C=O) groups excluding carboxylic acids is 2. The number of halogens is 1. The molecule has 0 unspecified atom stereocenters. The number of aromatic nitrogens is 1. The summed E-state index contributed by atoms with van der Waals surface area (Å²) in [5, 5.41) is 5.57. The van der Waals surface area contributed by atoms with Crippen molar-refractivity contribution in [3.8, 4) is 23.0 Å². The van der Waals surface area contributed by atoms with E-state index < -0.39 is 17.6 Å². The van der Waals surface area contributed by atoms with Gasteiger partial charge in [0, 0.05) is 35.9 Å². The topological polar surface area (TPSA) is 102 Å². The predicted molar refractivity (Wildman–Crippen MR) is 157 cm³/mol. The van der Waals surface area contributed by atoms with Crippen molar-refractivity contribution < 1.29 is 28.2 Å². The van der Waals surface area contributed by atoms with Crippen LogP contribution in [0.15, 0.2) is 72.9 Å². The molecule has 0 spiro atoms. The molecular formula is C32H33FN4O5. The molecule has 2 N–H and O–H groups in total. The lowest BCUT2D eigenvalue weighted by Gasteiger charge is -2.28. The van der Waals surface area contributed by atoms with Gasteiger partial charge in [-0.25, -0.2) is 4.39 Å². The van der Waals surface area contributed by atoms with Crippen LogP contribution in [-0.4, -0.2) is 55.6 Å². The van der Waals surface area contributed by atoms with Gasteiger partial charge in [0.05, 0.1) is 19.2 Å². The van der Waals surface area contributed by atoms with Crippen LogP contribution in [0.3, 0.4) is 0 Å². The van der Waals surface area contributed by atoms with Crippen LogP contribution in [0.1, 0.15) is 18.4 Å². The van der Waals surface area contributed by atoms with Crippen LogP contribution >= 0.6 is 0 Å². The second kappa shape index (κ2) is 13.3. The molecule has 0 saturated carbocycles. The maximum Gasteiger partial charge on any atom is 0.313 e. The first kappa shape index (κ1) is 28.8. The minimum Gasteiger partial charge on any atom is -0.493 e. The van der Waals surface area contributed by atoms with Crippen molar-refractivity contribution in [1.82, 2.24) is 15.2 Å². The fraction of sp³-hybridized carbons (Fsp3) is 0.281. The van der Waals surface area contributed by atoms with Crippen molar-refractivity contribution in [2.75, 3.05) is 39.2 Å². The normalized spacial score (nSPS) is 13.9. The number of likely N-dealkylation sites (tertiary alicyclic amines) is 1. The summed E-state index contributed by atoms with van der Waals surface area (Å²) in [6, 6.07) is 18.3. The quantitative estimate of drug-likeness (QED) is 0.268. The largest absolute Gasteiger partial charge is 0.493 e. The van der Waals surface area contributed by atoms with Gasteiger partial charge in [-0.2, -0.15) is 0 Å². The predicted octanol–water partition coefficient (Wildman–Crippen LogP) is 5.15. The van der Waals surface area contributed by atoms with Crippen LogP contribution in [0.25, 0.3) is 10.9 Å². The second-order valence-electron chi connectivity index (χ2n) is 10.3. The third kappa shape index (κ3) is 7.13. The first-order chi connectivity index (χ1) is 20.4. The molecular weight excluding hydrogens is 539 g/mol. The van der Waals surface area contributed by atoms with Gasteiger partial charge in [-0.1, -0.05) is 30.3 Å². The zero-order valence-corrected chi connectivity index (χ0v) is 23.6. The standard InChI is InChI=1S/C32H33FN4O5/c1-37-14-11-22(12-15-37)20-41-30-18-26-24(17-29(30)40-2)27(10-13-34-26)42-28-9-8-23(16-25(28)33)36-32(39)31(38)35-19-21-6-4-3-5-7-21/h3-10,13,16-18,22H,11-12,14-15,19-20H2,1-2H3,(H,35,38)(H,36,39). The van der Waals surface area contributed by atoms with Gasteiger partial charge in [0.25, 0.3) is 0 Å². The number of hydrogen-bond acceptors (Lipinski definition) is 7. The van der Waals surface area contributed by atoms with Gasteiger partial charge in [0.2, 0.25) is 0 Å². The molecule has 9 nitrogen and oxygen atoms in total. The van der Waals surface area contributed by atoms with Crippen LogP contribution in [-0.2, 0) is 16.1 Å². The molecule has 0 atom stereocenters. The third-order valence-corrected chi connectivity index (χ3v) is 7.21. The fourth-order valence-corrected chi connectivity index (χ4v) is 4.75. The maximum absolute atomic E-state index is 15.0. The molecule has 4 aromatic rings. The SMILES string of the molecule is COc1cc2c(Oc3ccc(NC(=O)C(=O)NCc4ccccc4)cc3F)ccnc2cc1OCC1CCN(C)CC1. The molecule has 1 fully saturated rings. The number of rotatable bonds is 9. The first-order valence-corrected chi connectivity index (χ1v) is 13.8. The molecule has 1 aliphatic heterocycles. The van der Waals surface area contributed by atoms with E-state index in [9.17, 15) is 9.59 Å². The van der Waals surface area contributed by atoms with Gasteiger partial charge >= 0.3 is 11.8 Å². The van der Waals surface area contributed by atoms with Crippen molar-refractivity contribution >= 4 is 28.4 Å². The summed E-state index contributed by atoms with van der Waals surface area (Å²) in [5.41, 5.74) is 1.58. The van der Waals surface area contributed by atoms with E-state index in [1.807, 2.05) is 30.3 Å². The van der Waals surface area contributed by atoms with E-state index in [1.54, 1.807) is 31.5 Å². The molecule has 5 rings (SSSR count). The molecule has 1 aliphatic rings. The van der Waals surface area contributed by atoms with Crippen LogP contribution < -0.4 is 24.8 Å². The molecule has 0 radical (unpaired) electrons. The smallest absolute Gasteiger partial charge is 0.313 e. The average Bonchev–Trinajstić information content (AvgIpc) is 3.01. The number of methoxy groups -OCH3 is 1. The molecule has 0 bridgehead atoms. The lowest BCUT2D eigenvalue weighted by molar-refractivity contribution is -0.136. The van der Waals surface area contributed by atoms with E-state index in [0.29, 0.717) is 40.7 Å². The van der Waals surface area contributed by atoms with E-state index in [1.165, 1.54) is 12.1 Å². The summed E-state index contributed by atoms with van der Waals surface area (Å²) < 4.78 is 32.7. The zero-order valence-electron chi connectivity index (χ0n) is 23.6. The number of anilines is 1. The van der Waals surface area contributed by atoms with E-state index in [-0.39, 0.29) is 18.0 Å². The molecule has 1 saturated heterocycles. The number of carbonyl (C=O) groups is 2. The van der Waals surface area contributed by atoms with Gasteiger partial charge in [0.1, 0.15) is 5.75 Å². The molecule has 42 heavy (non-hydrogen) atoms.